The smallest absolute Gasteiger partial charge is 0.233 e. The highest BCUT2D eigenvalue weighted by molar-refractivity contribution is 7.71. The Hall–Kier alpha value is -1.66. The van der Waals surface area contributed by atoms with Crippen LogP contribution in [-0.2, 0) is 17.3 Å². The molecule has 0 bridgehead atoms. The summed E-state index contributed by atoms with van der Waals surface area (Å²) in [5.41, 5.74) is 0.678. The number of likely N-dealkylation sites (tertiary alicyclic amines) is 1. The molecular formula is C20H25ClN4OS. The van der Waals surface area contributed by atoms with Crippen LogP contribution in [0.1, 0.15) is 55.8 Å². The van der Waals surface area contributed by atoms with Crippen molar-refractivity contribution < 1.29 is 4.79 Å². The first-order valence-corrected chi connectivity index (χ1v) is 10.5. The van der Waals surface area contributed by atoms with Gasteiger partial charge in [-0.05, 0) is 55.6 Å². The average molecular weight is 405 g/mol. The number of carbonyl (C=O) groups excluding carboxylic acids is 1. The fourth-order valence-corrected chi connectivity index (χ4v) is 5.09. The molecule has 1 aromatic carbocycles. The van der Waals surface area contributed by atoms with Crippen molar-refractivity contribution in [1.29, 1.82) is 0 Å². The van der Waals surface area contributed by atoms with Crippen LogP contribution >= 0.6 is 23.8 Å². The number of carbonyl (C=O) groups is 1. The van der Waals surface area contributed by atoms with E-state index in [9.17, 15) is 4.79 Å². The van der Waals surface area contributed by atoms with E-state index >= 15 is 0 Å². The van der Waals surface area contributed by atoms with Crippen LogP contribution in [0.5, 0.6) is 0 Å². The van der Waals surface area contributed by atoms with Gasteiger partial charge in [0.25, 0.3) is 0 Å². The first-order chi connectivity index (χ1) is 13.0. The Labute approximate surface area is 169 Å². The molecular weight excluding hydrogens is 380 g/mol. The van der Waals surface area contributed by atoms with Crippen LogP contribution in [-0.4, -0.2) is 38.7 Å². The minimum atomic E-state index is -0.400. The van der Waals surface area contributed by atoms with E-state index in [1.807, 2.05) is 29.8 Å². The topological polar surface area (TPSA) is 53.9 Å². The predicted octanol–water partition coefficient (Wildman–Crippen LogP) is 4.35. The van der Waals surface area contributed by atoms with Gasteiger partial charge < -0.3 is 9.47 Å². The molecule has 2 fully saturated rings. The van der Waals surface area contributed by atoms with Gasteiger partial charge in [-0.15, -0.1) is 0 Å². The molecule has 1 amide bonds. The van der Waals surface area contributed by atoms with Crippen LogP contribution in [0.4, 0.5) is 0 Å². The summed E-state index contributed by atoms with van der Waals surface area (Å²) in [6.07, 6.45) is 5.87. The Bertz CT molecular complexity index is 891. The van der Waals surface area contributed by atoms with Crippen LogP contribution < -0.4 is 0 Å². The number of hydrogen-bond donors (Lipinski definition) is 1. The molecule has 4 rings (SSSR count). The van der Waals surface area contributed by atoms with Crippen molar-refractivity contribution in [1.82, 2.24) is 19.7 Å². The molecule has 2 aromatic rings. The molecule has 1 aliphatic carbocycles. The molecule has 1 aliphatic heterocycles. The van der Waals surface area contributed by atoms with Crippen LogP contribution in [0.3, 0.4) is 0 Å². The second-order valence-corrected chi connectivity index (χ2v) is 8.64. The van der Waals surface area contributed by atoms with Gasteiger partial charge in [0.1, 0.15) is 5.82 Å². The van der Waals surface area contributed by atoms with E-state index in [4.69, 9.17) is 23.8 Å². The van der Waals surface area contributed by atoms with Gasteiger partial charge in [0.15, 0.2) is 4.77 Å². The van der Waals surface area contributed by atoms with Crippen molar-refractivity contribution in [3.8, 4) is 0 Å². The molecule has 1 aromatic heterocycles. The molecule has 27 heavy (non-hydrogen) atoms. The van der Waals surface area contributed by atoms with Crippen molar-refractivity contribution in [3.05, 3.63) is 45.4 Å². The number of amides is 1. The fourth-order valence-electron chi connectivity index (χ4n) is 4.76. The zero-order valence-electron chi connectivity index (χ0n) is 15.6. The summed E-state index contributed by atoms with van der Waals surface area (Å²) in [5, 5.41) is 7.96. The number of rotatable bonds is 3. The fraction of sp³-hybridized carbons (Fsp3) is 0.550. The number of piperidine rings is 1. The number of nitrogens with zero attached hydrogens (tertiary/aromatic N) is 3. The maximum Gasteiger partial charge on any atom is 0.233 e. The maximum absolute atomic E-state index is 13.6. The SMILES string of the molecule is Cn1c(C2CCN(C(=O)C3(c4cccc(Cl)c4)CCCC3)CC2)n[nH]c1=S. The lowest BCUT2D eigenvalue weighted by Gasteiger charge is -2.38. The van der Waals surface area contributed by atoms with E-state index in [2.05, 4.69) is 21.2 Å². The monoisotopic (exact) mass is 404 g/mol. The molecule has 2 aliphatic rings. The largest absolute Gasteiger partial charge is 0.342 e. The van der Waals surface area contributed by atoms with E-state index < -0.39 is 5.41 Å². The summed E-state index contributed by atoms with van der Waals surface area (Å²) in [5.74, 6) is 1.62. The highest BCUT2D eigenvalue weighted by Gasteiger charge is 2.45. The lowest BCUT2D eigenvalue weighted by atomic mass is 9.77. The summed E-state index contributed by atoms with van der Waals surface area (Å²) in [4.78, 5) is 15.6. The van der Waals surface area contributed by atoms with Gasteiger partial charge in [-0.3, -0.25) is 9.89 Å². The molecule has 1 saturated carbocycles. The number of H-pyrrole nitrogens is 1. The molecule has 144 valence electrons. The molecule has 7 heteroatoms. The van der Waals surface area contributed by atoms with Crippen molar-refractivity contribution in [2.45, 2.75) is 49.9 Å². The van der Waals surface area contributed by atoms with E-state index in [1.54, 1.807) is 0 Å². The third-order valence-corrected chi connectivity index (χ3v) is 6.91. The van der Waals surface area contributed by atoms with Gasteiger partial charge in [0, 0.05) is 31.1 Å². The molecule has 0 atom stereocenters. The van der Waals surface area contributed by atoms with Gasteiger partial charge in [-0.25, -0.2) is 0 Å². The molecule has 5 nitrogen and oxygen atoms in total. The first-order valence-electron chi connectivity index (χ1n) is 9.68. The molecule has 1 saturated heterocycles. The van der Waals surface area contributed by atoms with E-state index in [1.165, 1.54) is 0 Å². The van der Waals surface area contributed by atoms with E-state index in [0.717, 1.165) is 63.0 Å². The lowest BCUT2D eigenvalue weighted by Crippen LogP contribution is -2.48. The number of hydrogen-bond acceptors (Lipinski definition) is 3. The Morgan fingerprint density at radius 2 is 2.00 bits per heavy atom. The van der Waals surface area contributed by atoms with Crippen LogP contribution in [0, 0.1) is 4.77 Å². The first kappa shape index (κ1) is 18.7. The quantitative estimate of drug-likeness (QED) is 0.774. The summed E-state index contributed by atoms with van der Waals surface area (Å²) in [7, 11) is 1.95. The normalized spacial score (nSPS) is 20.1. The van der Waals surface area contributed by atoms with Crippen molar-refractivity contribution >= 4 is 29.7 Å². The molecule has 2 heterocycles. The average Bonchev–Trinajstić information content (AvgIpc) is 3.30. The number of benzene rings is 1. The molecule has 0 spiro atoms. The highest BCUT2D eigenvalue weighted by Crippen LogP contribution is 2.44. The second kappa shape index (κ2) is 7.40. The van der Waals surface area contributed by atoms with Crippen LogP contribution in [0.15, 0.2) is 24.3 Å². The van der Waals surface area contributed by atoms with E-state index in [0.29, 0.717) is 15.7 Å². The van der Waals surface area contributed by atoms with Gasteiger partial charge in [0.2, 0.25) is 5.91 Å². The van der Waals surface area contributed by atoms with Crippen molar-refractivity contribution in [3.63, 3.8) is 0 Å². The second-order valence-electron chi connectivity index (χ2n) is 7.81. The van der Waals surface area contributed by atoms with Gasteiger partial charge in [-0.2, -0.15) is 5.10 Å². The Kier molecular flexibility index (Phi) is 5.12. The molecule has 0 radical (unpaired) electrons. The zero-order chi connectivity index (χ0) is 19.0. The van der Waals surface area contributed by atoms with E-state index in [-0.39, 0.29) is 5.91 Å². The zero-order valence-corrected chi connectivity index (χ0v) is 17.2. The Balaban J connectivity index is 1.52. The molecule has 0 unspecified atom stereocenters. The Morgan fingerprint density at radius 1 is 1.30 bits per heavy atom. The van der Waals surface area contributed by atoms with Crippen LogP contribution in [0.25, 0.3) is 0 Å². The standard InChI is InChI=1S/C20H25ClN4OS/c1-24-17(22-23-19(24)27)14-7-11-25(12-8-14)18(26)20(9-2-3-10-20)15-5-4-6-16(21)13-15/h4-6,13-14H,2-3,7-12H2,1H3,(H,23,27). The number of halogens is 1. The predicted molar refractivity (Wildman–Crippen MR) is 109 cm³/mol. The third kappa shape index (κ3) is 3.34. The Morgan fingerprint density at radius 3 is 2.59 bits per heavy atom. The number of nitrogens with one attached hydrogen (secondary N) is 1. The third-order valence-electron chi connectivity index (χ3n) is 6.31. The summed E-state index contributed by atoms with van der Waals surface area (Å²) >= 11 is 11.5. The summed E-state index contributed by atoms with van der Waals surface area (Å²) in [6, 6.07) is 7.88. The van der Waals surface area contributed by atoms with Gasteiger partial charge in [0.05, 0.1) is 5.41 Å². The van der Waals surface area contributed by atoms with Crippen molar-refractivity contribution in [2.75, 3.05) is 13.1 Å². The minimum Gasteiger partial charge on any atom is -0.342 e. The van der Waals surface area contributed by atoms with Gasteiger partial charge in [-0.1, -0.05) is 36.6 Å². The number of aromatic amines is 1. The van der Waals surface area contributed by atoms with Gasteiger partial charge >= 0.3 is 0 Å². The minimum absolute atomic E-state index is 0.274. The highest BCUT2D eigenvalue weighted by atomic mass is 35.5. The van der Waals surface area contributed by atoms with Crippen LogP contribution in [0.2, 0.25) is 5.02 Å². The maximum atomic E-state index is 13.6. The molecule has 1 N–H and O–H groups in total. The number of aromatic nitrogens is 3. The lowest BCUT2D eigenvalue weighted by molar-refractivity contribution is -0.138. The summed E-state index contributed by atoms with van der Waals surface area (Å²) in [6.45, 7) is 1.54. The summed E-state index contributed by atoms with van der Waals surface area (Å²) < 4.78 is 2.59. The van der Waals surface area contributed by atoms with Crippen molar-refractivity contribution in [2.24, 2.45) is 7.05 Å².